The van der Waals surface area contributed by atoms with Gasteiger partial charge in [0.15, 0.2) is 17.8 Å². The number of nitrogens with zero attached hydrogens (tertiary/aromatic N) is 2. The fourth-order valence-electron chi connectivity index (χ4n) is 1.73. The third-order valence-electron chi connectivity index (χ3n) is 2.69. The summed E-state index contributed by atoms with van der Waals surface area (Å²) in [5, 5.41) is 0. The van der Waals surface area contributed by atoms with Gasteiger partial charge in [-0.3, -0.25) is 4.79 Å². The highest BCUT2D eigenvalue weighted by Crippen LogP contribution is 2.28. The molecule has 0 radical (unpaired) electrons. The zero-order valence-electron chi connectivity index (χ0n) is 9.89. The molecule has 1 aromatic heterocycles. The van der Waals surface area contributed by atoms with Gasteiger partial charge in [-0.15, -0.1) is 0 Å². The van der Waals surface area contributed by atoms with Crippen LogP contribution in [-0.4, -0.2) is 15.8 Å². The Bertz CT molecular complexity index is 561. The van der Waals surface area contributed by atoms with Crippen molar-refractivity contribution in [3.63, 3.8) is 0 Å². The Morgan fingerprint density at radius 2 is 1.89 bits per heavy atom. The number of carbonyl (C=O) groups excluding carboxylic acids is 1. The monoisotopic (exact) mass is 268 g/mol. The molecule has 0 aliphatic rings. The van der Waals surface area contributed by atoms with E-state index >= 15 is 0 Å². The molecule has 0 fully saturated rings. The molecule has 2 aromatic rings. The van der Waals surface area contributed by atoms with E-state index in [4.69, 9.17) is 0 Å². The average Bonchev–Trinajstić information content (AvgIpc) is 2.81. The number of halogens is 3. The van der Waals surface area contributed by atoms with Crippen LogP contribution in [0.3, 0.4) is 0 Å². The molecular formula is C13H11F3N2O. The summed E-state index contributed by atoms with van der Waals surface area (Å²) in [4.78, 5) is 14.0. The molecule has 0 unspecified atom stereocenters. The lowest BCUT2D eigenvalue weighted by atomic mass is 10.1. The first-order chi connectivity index (χ1) is 9.00. The Hall–Kier alpha value is -2.11. The van der Waals surface area contributed by atoms with Crippen molar-refractivity contribution in [2.75, 3.05) is 0 Å². The highest BCUT2D eigenvalue weighted by atomic mass is 19.4. The van der Waals surface area contributed by atoms with Gasteiger partial charge in [-0.2, -0.15) is 13.2 Å². The lowest BCUT2D eigenvalue weighted by Crippen LogP contribution is -2.05. The van der Waals surface area contributed by atoms with Crippen molar-refractivity contribution in [3.8, 4) is 0 Å². The van der Waals surface area contributed by atoms with Crippen LogP contribution in [0.5, 0.6) is 0 Å². The molecule has 0 amide bonds. The Balaban J connectivity index is 2.16. The Labute approximate surface area is 107 Å². The molecule has 6 heteroatoms. The highest BCUT2D eigenvalue weighted by Gasteiger charge is 2.34. The lowest BCUT2D eigenvalue weighted by molar-refractivity contribution is -0.141. The zero-order valence-corrected chi connectivity index (χ0v) is 9.89. The van der Waals surface area contributed by atoms with E-state index in [-0.39, 0.29) is 12.4 Å². The fourth-order valence-corrected chi connectivity index (χ4v) is 1.73. The molecule has 0 N–H and O–H groups in total. The summed E-state index contributed by atoms with van der Waals surface area (Å²) in [6.45, 7) is 0.279. The predicted molar refractivity (Wildman–Crippen MR) is 62.8 cm³/mol. The SMILES string of the molecule is O=Cc1nc(C(F)(F)F)cn1CCc1ccccc1. The minimum atomic E-state index is -4.53. The van der Waals surface area contributed by atoms with Crippen molar-refractivity contribution < 1.29 is 18.0 Å². The van der Waals surface area contributed by atoms with Crippen LogP contribution in [0.15, 0.2) is 36.5 Å². The highest BCUT2D eigenvalue weighted by molar-refractivity contribution is 5.69. The second-order valence-electron chi connectivity index (χ2n) is 4.03. The minimum Gasteiger partial charge on any atom is -0.328 e. The summed E-state index contributed by atoms with van der Waals surface area (Å²) in [7, 11) is 0. The van der Waals surface area contributed by atoms with Crippen LogP contribution in [0.1, 0.15) is 21.9 Å². The second-order valence-corrected chi connectivity index (χ2v) is 4.03. The van der Waals surface area contributed by atoms with Gasteiger partial charge in [0.2, 0.25) is 0 Å². The molecule has 100 valence electrons. The summed E-state index contributed by atoms with van der Waals surface area (Å²) in [6, 6.07) is 9.32. The van der Waals surface area contributed by atoms with Crippen LogP contribution in [0.2, 0.25) is 0 Å². The molecule has 2 rings (SSSR count). The lowest BCUT2D eigenvalue weighted by Gasteiger charge is -2.04. The molecule has 19 heavy (non-hydrogen) atoms. The standard InChI is InChI=1S/C13H11F3N2O/c14-13(15,16)11-8-18(12(9-19)17-11)7-6-10-4-2-1-3-5-10/h1-5,8-9H,6-7H2. The van der Waals surface area contributed by atoms with Crippen LogP contribution in [-0.2, 0) is 19.1 Å². The number of aldehydes is 1. The summed E-state index contributed by atoms with van der Waals surface area (Å²) in [5.74, 6) is -0.205. The molecule has 0 spiro atoms. The Morgan fingerprint density at radius 3 is 2.47 bits per heavy atom. The maximum atomic E-state index is 12.5. The van der Waals surface area contributed by atoms with E-state index in [2.05, 4.69) is 4.98 Å². The maximum absolute atomic E-state index is 12.5. The third-order valence-corrected chi connectivity index (χ3v) is 2.69. The van der Waals surface area contributed by atoms with Gasteiger partial charge in [0.25, 0.3) is 0 Å². The zero-order chi connectivity index (χ0) is 13.9. The van der Waals surface area contributed by atoms with Gasteiger partial charge in [-0.25, -0.2) is 4.98 Å². The van der Waals surface area contributed by atoms with E-state index in [0.29, 0.717) is 12.7 Å². The largest absolute Gasteiger partial charge is 0.434 e. The molecule has 1 aromatic carbocycles. The summed E-state index contributed by atoms with van der Waals surface area (Å²) >= 11 is 0. The third kappa shape index (κ3) is 3.21. The average molecular weight is 268 g/mol. The molecule has 0 aliphatic heterocycles. The van der Waals surface area contributed by atoms with Crippen molar-refractivity contribution >= 4 is 6.29 Å². The van der Waals surface area contributed by atoms with Crippen LogP contribution >= 0.6 is 0 Å². The Kier molecular flexibility index (Phi) is 3.69. The number of hydrogen-bond acceptors (Lipinski definition) is 2. The first kappa shape index (κ1) is 13.3. The van der Waals surface area contributed by atoms with Gasteiger partial charge in [-0.05, 0) is 12.0 Å². The maximum Gasteiger partial charge on any atom is 0.434 e. The van der Waals surface area contributed by atoms with Crippen LogP contribution in [0.4, 0.5) is 13.2 Å². The molecule has 0 atom stereocenters. The van der Waals surface area contributed by atoms with Crippen LogP contribution in [0.25, 0.3) is 0 Å². The van der Waals surface area contributed by atoms with Gasteiger partial charge in [0.05, 0.1) is 0 Å². The van der Waals surface area contributed by atoms with Crippen molar-refractivity contribution in [1.29, 1.82) is 0 Å². The topological polar surface area (TPSA) is 34.9 Å². The van der Waals surface area contributed by atoms with E-state index in [9.17, 15) is 18.0 Å². The number of alkyl halides is 3. The number of aryl methyl sites for hydroxylation is 2. The smallest absolute Gasteiger partial charge is 0.328 e. The number of aromatic nitrogens is 2. The van der Waals surface area contributed by atoms with Crippen molar-refractivity contribution in [2.45, 2.75) is 19.1 Å². The van der Waals surface area contributed by atoms with Crippen LogP contribution in [0, 0.1) is 0 Å². The van der Waals surface area contributed by atoms with E-state index in [1.54, 1.807) is 0 Å². The van der Waals surface area contributed by atoms with E-state index < -0.39 is 11.9 Å². The molecule has 1 heterocycles. The van der Waals surface area contributed by atoms with E-state index in [0.717, 1.165) is 11.8 Å². The van der Waals surface area contributed by atoms with Crippen molar-refractivity contribution in [1.82, 2.24) is 9.55 Å². The number of imidazole rings is 1. The number of carbonyl (C=O) groups is 1. The first-order valence-corrected chi connectivity index (χ1v) is 5.64. The quantitative estimate of drug-likeness (QED) is 0.799. The van der Waals surface area contributed by atoms with Gasteiger partial charge >= 0.3 is 6.18 Å². The van der Waals surface area contributed by atoms with Crippen molar-refractivity contribution in [2.24, 2.45) is 0 Å². The fraction of sp³-hybridized carbons (Fsp3) is 0.231. The van der Waals surface area contributed by atoms with Gasteiger partial charge in [-0.1, -0.05) is 30.3 Å². The van der Waals surface area contributed by atoms with Gasteiger partial charge in [0, 0.05) is 12.7 Å². The predicted octanol–water partition coefficient (Wildman–Crippen LogP) is 2.96. The number of hydrogen-bond donors (Lipinski definition) is 0. The number of benzene rings is 1. The molecule has 0 saturated carbocycles. The second kappa shape index (κ2) is 5.26. The molecule has 0 bridgehead atoms. The molecule has 3 nitrogen and oxygen atoms in total. The van der Waals surface area contributed by atoms with Gasteiger partial charge in [0.1, 0.15) is 0 Å². The minimum absolute atomic E-state index is 0.205. The van der Waals surface area contributed by atoms with E-state index in [1.165, 1.54) is 4.57 Å². The first-order valence-electron chi connectivity index (χ1n) is 5.64. The number of rotatable bonds is 4. The molecule has 0 saturated heterocycles. The van der Waals surface area contributed by atoms with Crippen LogP contribution < -0.4 is 0 Å². The molecule has 0 aliphatic carbocycles. The normalized spacial score (nSPS) is 11.5. The van der Waals surface area contributed by atoms with Crippen molar-refractivity contribution in [3.05, 3.63) is 53.6 Å². The summed E-state index contributed by atoms with van der Waals surface area (Å²) in [5.41, 5.74) is -0.0516. The summed E-state index contributed by atoms with van der Waals surface area (Å²) < 4.78 is 38.7. The molecular weight excluding hydrogens is 257 g/mol. The summed E-state index contributed by atoms with van der Waals surface area (Å²) in [6.07, 6.45) is -2.79. The Morgan fingerprint density at radius 1 is 1.21 bits per heavy atom. The van der Waals surface area contributed by atoms with E-state index in [1.807, 2.05) is 30.3 Å². The van der Waals surface area contributed by atoms with Gasteiger partial charge < -0.3 is 4.57 Å².